The molecule has 1 amide bonds. The molecule has 0 heterocycles. The van der Waals surface area contributed by atoms with E-state index in [1.54, 1.807) is 0 Å². The van der Waals surface area contributed by atoms with Crippen LogP contribution in [0.5, 0.6) is 0 Å². The van der Waals surface area contributed by atoms with Gasteiger partial charge in [-0.3, -0.25) is 4.79 Å². The maximum atomic E-state index is 11.8. The van der Waals surface area contributed by atoms with Gasteiger partial charge in [-0.15, -0.1) is 0 Å². The molecule has 0 bridgehead atoms. The summed E-state index contributed by atoms with van der Waals surface area (Å²) in [4.78, 5) is 22.9. The second-order valence-electron chi connectivity index (χ2n) is 9.50. The number of carbonyl (C=O) groups excluding carboxylic acids is 1. The molecule has 1 unspecified atom stereocenters. The summed E-state index contributed by atoms with van der Waals surface area (Å²) in [7, 11) is 0. The molecule has 0 aromatic heterocycles. The molecule has 0 aliphatic rings. The maximum absolute atomic E-state index is 11.8. The third kappa shape index (κ3) is 27.9. The third-order valence-corrected chi connectivity index (χ3v) is 5.82. The predicted octanol–water partition coefficient (Wildman–Crippen LogP) is 4.13. The quantitative estimate of drug-likeness (QED) is 0.0940. The molecule has 0 aliphatic carbocycles. The van der Waals surface area contributed by atoms with Crippen molar-refractivity contribution in [1.29, 1.82) is 0 Å². The van der Waals surface area contributed by atoms with Crippen molar-refractivity contribution in [3.63, 3.8) is 0 Å². The van der Waals surface area contributed by atoms with Gasteiger partial charge in [-0.25, -0.2) is 4.79 Å². The van der Waals surface area contributed by atoms with Gasteiger partial charge in [0.1, 0.15) is 12.6 Å². The van der Waals surface area contributed by atoms with Crippen LogP contribution >= 0.6 is 12.6 Å². The van der Waals surface area contributed by atoms with Gasteiger partial charge in [0, 0.05) is 6.61 Å². The minimum Gasteiger partial charge on any atom is -0.480 e. The van der Waals surface area contributed by atoms with E-state index in [1.165, 1.54) is 51.4 Å². The smallest absolute Gasteiger partial charge is 0.326 e. The standard InChI is InChI=1S/C27H53NO8S/c1-24(2)22-25(27(30)31)28-26(29)23-36-20-19-35-18-17-34-16-15-33-14-13-32-12-10-8-6-4-3-5-7-9-11-21-37/h24-25,37H,3-23H2,1-2H3,(H,28,29)(H,30,31). The Morgan fingerprint density at radius 3 is 1.49 bits per heavy atom. The van der Waals surface area contributed by atoms with Gasteiger partial charge in [0.2, 0.25) is 5.91 Å². The van der Waals surface area contributed by atoms with Crippen molar-refractivity contribution in [2.75, 3.05) is 71.8 Å². The zero-order valence-electron chi connectivity index (χ0n) is 23.3. The lowest BCUT2D eigenvalue weighted by Crippen LogP contribution is -2.43. The van der Waals surface area contributed by atoms with E-state index in [0.29, 0.717) is 52.7 Å². The zero-order valence-corrected chi connectivity index (χ0v) is 24.2. The molecule has 0 saturated carbocycles. The minimum atomic E-state index is -1.04. The molecular formula is C27H53NO8S. The van der Waals surface area contributed by atoms with E-state index in [0.717, 1.165) is 18.8 Å². The summed E-state index contributed by atoms with van der Waals surface area (Å²) in [6, 6.07) is -0.895. The second kappa shape index (κ2) is 28.1. The average molecular weight is 552 g/mol. The van der Waals surface area contributed by atoms with Crippen LogP contribution in [-0.4, -0.2) is 94.8 Å². The van der Waals surface area contributed by atoms with E-state index >= 15 is 0 Å². The van der Waals surface area contributed by atoms with Gasteiger partial charge in [0.25, 0.3) is 0 Å². The Hall–Kier alpha value is -0.910. The molecule has 0 aromatic carbocycles. The van der Waals surface area contributed by atoms with Crippen LogP contribution in [0, 0.1) is 5.92 Å². The summed E-state index contributed by atoms with van der Waals surface area (Å²) in [6.45, 7) is 8.06. The lowest BCUT2D eigenvalue weighted by Gasteiger charge is -2.16. The maximum Gasteiger partial charge on any atom is 0.326 e. The lowest BCUT2D eigenvalue weighted by atomic mass is 10.0. The van der Waals surface area contributed by atoms with Crippen molar-refractivity contribution in [2.45, 2.75) is 84.1 Å². The molecule has 10 heteroatoms. The summed E-state index contributed by atoms with van der Waals surface area (Å²) in [5.74, 6) is -0.306. The number of hydrogen-bond acceptors (Lipinski definition) is 8. The summed E-state index contributed by atoms with van der Waals surface area (Å²) < 4.78 is 27.1. The first kappa shape index (κ1) is 36.1. The molecule has 0 aromatic rings. The van der Waals surface area contributed by atoms with Crippen molar-refractivity contribution in [1.82, 2.24) is 5.32 Å². The van der Waals surface area contributed by atoms with Crippen LogP contribution < -0.4 is 5.32 Å². The highest BCUT2D eigenvalue weighted by Crippen LogP contribution is 2.10. The van der Waals surface area contributed by atoms with Gasteiger partial charge in [-0.05, 0) is 30.9 Å². The molecule has 1 atom stereocenters. The van der Waals surface area contributed by atoms with E-state index < -0.39 is 17.9 Å². The van der Waals surface area contributed by atoms with E-state index in [4.69, 9.17) is 28.8 Å². The molecule has 0 fully saturated rings. The summed E-state index contributed by atoms with van der Waals surface area (Å²) in [6.07, 6.45) is 12.0. The molecule has 0 radical (unpaired) electrons. The van der Waals surface area contributed by atoms with Gasteiger partial charge in [-0.1, -0.05) is 58.8 Å². The molecule has 0 saturated heterocycles. The van der Waals surface area contributed by atoms with E-state index in [9.17, 15) is 9.59 Å². The van der Waals surface area contributed by atoms with Crippen LogP contribution in [0.2, 0.25) is 0 Å². The van der Waals surface area contributed by atoms with E-state index in [-0.39, 0.29) is 19.1 Å². The van der Waals surface area contributed by atoms with Crippen LogP contribution in [-0.2, 0) is 33.3 Å². The second-order valence-corrected chi connectivity index (χ2v) is 9.94. The zero-order chi connectivity index (χ0) is 27.4. The Kier molecular flexibility index (Phi) is 27.4. The number of aliphatic carboxylic acids is 1. The molecule has 0 spiro atoms. The number of hydrogen-bond donors (Lipinski definition) is 3. The number of ether oxygens (including phenoxy) is 5. The monoisotopic (exact) mass is 551 g/mol. The van der Waals surface area contributed by atoms with Crippen LogP contribution in [0.1, 0.15) is 78.1 Å². The van der Waals surface area contributed by atoms with Crippen molar-refractivity contribution in [2.24, 2.45) is 5.92 Å². The Morgan fingerprint density at radius 1 is 0.649 bits per heavy atom. The van der Waals surface area contributed by atoms with Crippen molar-refractivity contribution in [3.05, 3.63) is 0 Å². The lowest BCUT2D eigenvalue weighted by molar-refractivity contribution is -0.143. The molecule has 9 nitrogen and oxygen atoms in total. The summed E-state index contributed by atoms with van der Waals surface area (Å²) in [5.41, 5.74) is 0. The molecule has 37 heavy (non-hydrogen) atoms. The van der Waals surface area contributed by atoms with Gasteiger partial charge < -0.3 is 34.1 Å². The fourth-order valence-electron chi connectivity index (χ4n) is 3.53. The Labute approximate surface area is 230 Å². The predicted molar refractivity (Wildman–Crippen MR) is 149 cm³/mol. The Morgan fingerprint density at radius 2 is 1.05 bits per heavy atom. The van der Waals surface area contributed by atoms with Crippen LogP contribution in [0.3, 0.4) is 0 Å². The highest BCUT2D eigenvalue weighted by Gasteiger charge is 2.20. The Balaban J connectivity index is 3.26. The molecule has 0 rings (SSSR count). The van der Waals surface area contributed by atoms with E-state index in [2.05, 4.69) is 17.9 Å². The number of carboxylic acid groups (broad SMARTS) is 1. The summed E-state index contributed by atoms with van der Waals surface area (Å²) >= 11 is 4.24. The fourth-order valence-corrected chi connectivity index (χ4v) is 3.75. The highest BCUT2D eigenvalue weighted by molar-refractivity contribution is 7.80. The number of carboxylic acids is 1. The number of amides is 1. The van der Waals surface area contributed by atoms with Crippen molar-refractivity contribution in [3.8, 4) is 0 Å². The number of nitrogens with one attached hydrogen (secondary N) is 1. The molecule has 2 N–H and O–H groups in total. The van der Waals surface area contributed by atoms with Gasteiger partial charge in [-0.2, -0.15) is 12.6 Å². The molecule has 220 valence electrons. The first-order chi connectivity index (χ1) is 18.0. The van der Waals surface area contributed by atoms with Gasteiger partial charge >= 0.3 is 5.97 Å². The first-order valence-corrected chi connectivity index (χ1v) is 14.6. The van der Waals surface area contributed by atoms with Crippen molar-refractivity contribution < 1.29 is 38.4 Å². The van der Waals surface area contributed by atoms with Gasteiger partial charge in [0.15, 0.2) is 0 Å². The largest absolute Gasteiger partial charge is 0.480 e. The molecule has 0 aliphatic heterocycles. The third-order valence-electron chi connectivity index (χ3n) is 5.51. The SMILES string of the molecule is CC(C)CC(NC(=O)COCCOCCOCCOCCOCCCCCCCCCCCS)C(=O)O. The number of carbonyl (C=O) groups is 2. The Bertz CT molecular complexity index is 525. The van der Waals surface area contributed by atoms with Crippen molar-refractivity contribution >= 4 is 24.5 Å². The molecular weight excluding hydrogens is 498 g/mol. The fraction of sp³-hybridized carbons (Fsp3) is 0.926. The van der Waals surface area contributed by atoms with Crippen LogP contribution in [0.4, 0.5) is 0 Å². The van der Waals surface area contributed by atoms with Crippen LogP contribution in [0.15, 0.2) is 0 Å². The normalized spacial score (nSPS) is 12.2. The number of unbranched alkanes of at least 4 members (excludes halogenated alkanes) is 8. The van der Waals surface area contributed by atoms with Gasteiger partial charge in [0.05, 0.1) is 52.9 Å². The topological polar surface area (TPSA) is 113 Å². The summed E-state index contributed by atoms with van der Waals surface area (Å²) in [5, 5.41) is 11.6. The highest BCUT2D eigenvalue weighted by atomic mass is 32.1. The average Bonchev–Trinajstić information content (AvgIpc) is 2.86. The number of thiol groups is 1. The van der Waals surface area contributed by atoms with Crippen LogP contribution in [0.25, 0.3) is 0 Å². The number of rotatable bonds is 29. The minimum absolute atomic E-state index is 0.168. The van der Waals surface area contributed by atoms with E-state index in [1.807, 2.05) is 13.8 Å². The first-order valence-electron chi connectivity index (χ1n) is 14.0.